The topological polar surface area (TPSA) is 51.8 Å². The Bertz CT molecular complexity index is 1000. The first kappa shape index (κ1) is 15.7. The fourth-order valence-electron chi connectivity index (χ4n) is 2.70. The van der Waals surface area contributed by atoms with Gasteiger partial charge in [-0.25, -0.2) is 4.98 Å². The number of thiazole rings is 1. The van der Waals surface area contributed by atoms with Gasteiger partial charge in [0.1, 0.15) is 0 Å². The highest BCUT2D eigenvalue weighted by Gasteiger charge is 2.11. The number of nitrogens with zero attached hydrogens (tertiary/aromatic N) is 3. The summed E-state index contributed by atoms with van der Waals surface area (Å²) in [4.78, 5) is 9.04. The van der Waals surface area contributed by atoms with Gasteiger partial charge < -0.3 is 4.52 Å². The van der Waals surface area contributed by atoms with Crippen LogP contribution in [0.3, 0.4) is 0 Å². The van der Waals surface area contributed by atoms with E-state index in [-0.39, 0.29) is 0 Å². The van der Waals surface area contributed by atoms with Crippen LogP contribution in [0.15, 0.2) is 58.4 Å². The number of rotatable bonds is 4. The molecule has 2 aromatic carbocycles. The molecule has 4 rings (SSSR count). The van der Waals surface area contributed by atoms with Crippen LogP contribution in [-0.2, 0) is 6.42 Å². The van der Waals surface area contributed by atoms with Gasteiger partial charge in [0.2, 0.25) is 11.7 Å². The Hall–Kier alpha value is -2.79. The van der Waals surface area contributed by atoms with Crippen molar-refractivity contribution in [1.82, 2.24) is 15.1 Å². The van der Waals surface area contributed by atoms with Gasteiger partial charge >= 0.3 is 0 Å². The Labute approximate surface area is 150 Å². The summed E-state index contributed by atoms with van der Waals surface area (Å²) < 4.78 is 5.42. The van der Waals surface area contributed by atoms with Crippen LogP contribution in [-0.4, -0.2) is 15.1 Å². The van der Waals surface area contributed by atoms with Crippen molar-refractivity contribution < 1.29 is 4.52 Å². The average molecular weight is 347 g/mol. The van der Waals surface area contributed by atoms with Crippen LogP contribution in [0.1, 0.15) is 22.0 Å². The molecule has 5 heteroatoms. The van der Waals surface area contributed by atoms with E-state index in [1.807, 2.05) is 43.3 Å². The standard InChI is InChI=1S/C20H17N3OS/c1-13-5-3-4-6-17(13)11-19-22-20(23-24-19)16-9-7-15(8-10-16)18-12-25-14(2)21-18/h3-10,12H,11H2,1-2H3. The number of benzene rings is 2. The molecule has 0 spiro atoms. The van der Waals surface area contributed by atoms with E-state index in [0.717, 1.165) is 21.8 Å². The maximum atomic E-state index is 5.42. The third kappa shape index (κ3) is 3.37. The molecule has 2 heterocycles. The van der Waals surface area contributed by atoms with E-state index in [9.17, 15) is 0 Å². The number of hydrogen-bond donors (Lipinski definition) is 0. The molecule has 0 saturated carbocycles. The molecule has 0 radical (unpaired) electrons. The number of aromatic nitrogens is 3. The second kappa shape index (κ2) is 6.61. The van der Waals surface area contributed by atoms with Gasteiger partial charge in [0.05, 0.1) is 17.1 Å². The minimum absolute atomic E-state index is 0.615. The monoisotopic (exact) mass is 347 g/mol. The van der Waals surface area contributed by atoms with Crippen molar-refractivity contribution in [2.45, 2.75) is 20.3 Å². The van der Waals surface area contributed by atoms with Crippen LogP contribution in [0, 0.1) is 13.8 Å². The molecule has 0 aliphatic rings. The molecule has 4 nitrogen and oxygen atoms in total. The SMILES string of the molecule is Cc1nc(-c2ccc(-c3noc(Cc4ccccc4C)n3)cc2)cs1. The van der Waals surface area contributed by atoms with Crippen LogP contribution in [0.2, 0.25) is 0 Å². The van der Waals surface area contributed by atoms with Gasteiger partial charge in [0, 0.05) is 16.5 Å². The predicted molar refractivity (Wildman–Crippen MR) is 99.6 cm³/mol. The van der Waals surface area contributed by atoms with Gasteiger partial charge in [-0.15, -0.1) is 11.3 Å². The summed E-state index contributed by atoms with van der Waals surface area (Å²) in [5, 5.41) is 7.26. The lowest BCUT2D eigenvalue weighted by Gasteiger charge is -2.00. The Balaban J connectivity index is 1.55. The first-order valence-corrected chi connectivity index (χ1v) is 8.97. The highest BCUT2D eigenvalue weighted by atomic mass is 32.1. The largest absolute Gasteiger partial charge is 0.339 e. The molecule has 4 aromatic rings. The van der Waals surface area contributed by atoms with Crippen LogP contribution in [0.5, 0.6) is 0 Å². The molecule has 0 aliphatic heterocycles. The molecule has 2 aromatic heterocycles. The summed E-state index contributed by atoms with van der Waals surface area (Å²) >= 11 is 1.65. The van der Waals surface area contributed by atoms with Gasteiger partial charge in [-0.1, -0.05) is 53.7 Å². The fraction of sp³-hybridized carbons (Fsp3) is 0.150. The van der Waals surface area contributed by atoms with Gasteiger partial charge in [-0.3, -0.25) is 0 Å². The smallest absolute Gasteiger partial charge is 0.231 e. The van der Waals surface area contributed by atoms with Crippen LogP contribution in [0.4, 0.5) is 0 Å². The van der Waals surface area contributed by atoms with Gasteiger partial charge in [0.25, 0.3) is 0 Å². The molecule has 0 aliphatic carbocycles. The zero-order chi connectivity index (χ0) is 17.2. The normalized spacial score (nSPS) is 11.0. The number of aryl methyl sites for hydroxylation is 2. The van der Waals surface area contributed by atoms with Crippen molar-refractivity contribution in [3.63, 3.8) is 0 Å². The molecule has 0 fully saturated rings. The van der Waals surface area contributed by atoms with Gasteiger partial charge in [-0.05, 0) is 25.0 Å². The van der Waals surface area contributed by atoms with Gasteiger partial charge in [-0.2, -0.15) is 4.98 Å². The van der Waals surface area contributed by atoms with Crippen LogP contribution < -0.4 is 0 Å². The highest BCUT2D eigenvalue weighted by molar-refractivity contribution is 7.09. The van der Waals surface area contributed by atoms with E-state index in [2.05, 4.69) is 39.6 Å². The van der Waals surface area contributed by atoms with Crippen molar-refractivity contribution in [3.8, 4) is 22.6 Å². The highest BCUT2D eigenvalue weighted by Crippen LogP contribution is 2.25. The molecule has 0 amide bonds. The van der Waals surface area contributed by atoms with Crippen LogP contribution >= 0.6 is 11.3 Å². The predicted octanol–water partition coefficient (Wildman–Crippen LogP) is 5.07. The molecular weight excluding hydrogens is 330 g/mol. The zero-order valence-corrected chi connectivity index (χ0v) is 14.9. The summed E-state index contributed by atoms with van der Waals surface area (Å²) in [7, 11) is 0. The third-order valence-corrected chi connectivity index (χ3v) is 4.90. The maximum absolute atomic E-state index is 5.42. The lowest BCUT2D eigenvalue weighted by atomic mass is 10.1. The molecule has 0 atom stereocenters. The van der Waals surface area contributed by atoms with Crippen molar-refractivity contribution in [2.75, 3.05) is 0 Å². The van der Waals surface area contributed by atoms with Crippen LogP contribution in [0.25, 0.3) is 22.6 Å². The second-order valence-electron chi connectivity index (χ2n) is 5.94. The molecule has 0 N–H and O–H groups in total. The second-order valence-corrected chi connectivity index (χ2v) is 7.01. The third-order valence-electron chi connectivity index (χ3n) is 4.13. The molecular formula is C20H17N3OS. The molecule has 0 saturated heterocycles. The summed E-state index contributed by atoms with van der Waals surface area (Å²) in [6.45, 7) is 4.10. The first-order valence-electron chi connectivity index (χ1n) is 8.09. The first-order chi connectivity index (χ1) is 12.2. The van der Waals surface area contributed by atoms with E-state index in [4.69, 9.17) is 4.52 Å². The molecule has 0 bridgehead atoms. The lowest BCUT2D eigenvalue weighted by Crippen LogP contribution is -1.91. The maximum Gasteiger partial charge on any atom is 0.231 e. The Morgan fingerprint density at radius 2 is 1.68 bits per heavy atom. The Kier molecular flexibility index (Phi) is 4.15. The van der Waals surface area contributed by atoms with Gasteiger partial charge in [0.15, 0.2) is 0 Å². The number of hydrogen-bond acceptors (Lipinski definition) is 5. The summed E-state index contributed by atoms with van der Waals surface area (Å²) in [6, 6.07) is 16.3. The van der Waals surface area contributed by atoms with E-state index in [1.54, 1.807) is 11.3 Å². The molecule has 25 heavy (non-hydrogen) atoms. The lowest BCUT2D eigenvalue weighted by molar-refractivity contribution is 0.385. The Morgan fingerprint density at radius 3 is 2.40 bits per heavy atom. The van der Waals surface area contributed by atoms with E-state index < -0.39 is 0 Å². The minimum atomic E-state index is 0.615. The van der Waals surface area contributed by atoms with E-state index >= 15 is 0 Å². The van der Waals surface area contributed by atoms with Crippen molar-refractivity contribution in [2.24, 2.45) is 0 Å². The zero-order valence-electron chi connectivity index (χ0n) is 14.1. The minimum Gasteiger partial charge on any atom is -0.339 e. The summed E-state index contributed by atoms with van der Waals surface area (Å²) in [6.07, 6.45) is 0.649. The summed E-state index contributed by atoms with van der Waals surface area (Å²) in [5.74, 6) is 1.24. The van der Waals surface area contributed by atoms with Crippen molar-refractivity contribution >= 4 is 11.3 Å². The van der Waals surface area contributed by atoms with Crippen molar-refractivity contribution in [3.05, 3.63) is 75.9 Å². The van der Waals surface area contributed by atoms with E-state index in [1.165, 1.54) is 11.1 Å². The van der Waals surface area contributed by atoms with E-state index in [0.29, 0.717) is 18.1 Å². The Morgan fingerprint density at radius 1 is 0.920 bits per heavy atom. The van der Waals surface area contributed by atoms with Crippen molar-refractivity contribution in [1.29, 1.82) is 0 Å². The quantitative estimate of drug-likeness (QED) is 0.517. The molecule has 0 unspecified atom stereocenters. The molecule has 124 valence electrons. The average Bonchev–Trinajstić information content (AvgIpc) is 3.26. The summed E-state index contributed by atoms with van der Waals surface area (Å²) in [5.41, 5.74) is 5.46. The fourth-order valence-corrected chi connectivity index (χ4v) is 3.32.